The molecule has 0 unspecified atom stereocenters. The topological polar surface area (TPSA) is 27.1 Å². The van der Waals surface area contributed by atoms with Gasteiger partial charge in [0.15, 0.2) is 0 Å². The third-order valence-corrected chi connectivity index (χ3v) is 2.70. The lowest BCUT2D eigenvalue weighted by Gasteiger charge is -1.99. The molecule has 0 spiro atoms. The molecule has 1 aromatic carbocycles. The van der Waals surface area contributed by atoms with E-state index in [0.29, 0.717) is 6.61 Å². The molecule has 2 aromatic rings. The first-order chi connectivity index (χ1) is 7.31. The van der Waals surface area contributed by atoms with Gasteiger partial charge < -0.3 is 4.74 Å². The molecule has 2 rings (SSSR count). The third kappa shape index (κ3) is 2.27. The SMILES string of the molecule is COCc1nn(-c2ccccc2)cc1Br. The Morgan fingerprint density at radius 2 is 2.07 bits per heavy atom. The molecule has 0 saturated heterocycles. The van der Waals surface area contributed by atoms with Crippen LogP contribution in [0.5, 0.6) is 0 Å². The number of hydrogen-bond acceptors (Lipinski definition) is 2. The summed E-state index contributed by atoms with van der Waals surface area (Å²) >= 11 is 3.45. The van der Waals surface area contributed by atoms with Crippen molar-refractivity contribution < 1.29 is 4.74 Å². The fourth-order valence-electron chi connectivity index (χ4n) is 1.34. The zero-order valence-corrected chi connectivity index (χ0v) is 9.94. The Kier molecular flexibility index (Phi) is 3.18. The summed E-state index contributed by atoms with van der Waals surface area (Å²) < 4.78 is 7.85. The Hall–Kier alpha value is -1.13. The van der Waals surface area contributed by atoms with E-state index in [-0.39, 0.29) is 0 Å². The molecule has 0 saturated carbocycles. The van der Waals surface area contributed by atoms with Crippen LogP contribution in [-0.4, -0.2) is 16.9 Å². The lowest BCUT2D eigenvalue weighted by molar-refractivity contribution is 0.180. The van der Waals surface area contributed by atoms with Gasteiger partial charge in [-0.2, -0.15) is 5.10 Å². The molecule has 0 fully saturated rings. The van der Waals surface area contributed by atoms with Crippen LogP contribution < -0.4 is 0 Å². The van der Waals surface area contributed by atoms with Gasteiger partial charge in [0.1, 0.15) is 5.69 Å². The van der Waals surface area contributed by atoms with Gasteiger partial charge in [0.25, 0.3) is 0 Å². The molecule has 0 aliphatic carbocycles. The molecular formula is C11H11BrN2O. The van der Waals surface area contributed by atoms with Crippen LogP contribution in [0, 0.1) is 0 Å². The Labute approximate surface area is 96.8 Å². The van der Waals surface area contributed by atoms with E-state index < -0.39 is 0 Å². The van der Waals surface area contributed by atoms with Crippen LogP contribution in [0.4, 0.5) is 0 Å². The smallest absolute Gasteiger partial charge is 0.103 e. The van der Waals surface area contributed by atoms with Crippen molar-refractivity contribution in [2.75, 3.05) is 7.11 Å². The van der Waals surface area contributed by atoms with E-state index in [2.05, 4.69) is 21.0 Å². The van der Waals surface area contributed by atoms with Gasteiger partial charge in [0.05, 0.1) is 16.8 Å². The van der Waals surface area contributed by atoms with Crippen LogP contribution in [0.3, 0.4) is 0 Å². The molecule has 78 valence electrons. The van der Waals surface area contributed by atoms with E-state index in [1.807, 2.05) is 41.2 Å². The summed E-state index contributed by atoms with van der Waals surface area (Å²) in [6, 6.07) is 9.98. The summed E-state index contributed by atoms with van der Waals surface area (Å²) in [5, 5.41) is 4.41. The van der Waals surface area contributed by atoms with E-state index in [1.165, 1.54) is 0 Å². The highest BCUT2D eigenvalue weighted by Crippen LogP contribution is 2.18. The minimum atomic E-state index is 0.514. The second-order valence-corrected chi connectivity index (χ2v) is 3.99. The molecule has 1 heterocycles. The number of halogens is 1. The van der Waals surface area contributed by atoms with Crippen molar-refractivity contribution in [1.82, 2.24) is 9.78 Å². The quantitative estimate of drug-likeness (QED) is 0.855. The number of rotatable bonds is 3. The highest BCUT2D eigenvalue weighted by Gasteiger charge is 2.06. The van der Waals surface area contributed by atoms with Gasteiger partial charge in [-0.15, -0.1) is 0 Å². The zero-order valence-electron chi connectivity index (χ0n) is 8.35. The summed E-state index contributed by atoms with van der Waals surface area (Å²) in [5.74, 6) is 0. The Bertz CT molecular complexity index is 439. The van der Waals surface area contributed by atoms with E-state index in [4.69, 9.17) is 4.74 Å². The maximum atomic E-state index is 5.05. The number of aromatic nitrogens is 2. The number of methoxy groups -OCH3 is 1. The van der Waals surface area contributed by atoms with Crippen molar-refractivity contribution in [2.24, 2.45) is 0 Å². The fourth-order valence-corrected chi connectivity index (χ4v) is 1.72. The van der Waals surface area contributed by atoms with Gasteiger partial charge in [-0.05, 0) is 28.1 Å². The first kappa shape index (κ1) is 10.4. The molecule has 15 heavy (non-hydrogen) atoms. The molecule has 0 N–H and O–H groups in total. The highest BCUT2D eigenvalue weighted by atomic mass is 79.9. The van der Waals surface area contributed by atoms with E-state index >= 15 is 0 Å². The summed E-state index contributed by atoms with van der Waals surface area (Å²) in [4.78, 5) is 0. The van der Waals surface area contributed by atoms with Crippen LogP contribution in [-0.2, 0) is 11.3 Å². The van der Waals surface area contributed by atoms with Crippen LogP contribution in [0.25, 0.3) is 5.69 Å². The molecule has 0 radical (unpaired) electrons. The van der Waals surface area contributed by atoms with Crippen molar-refractivity contribution in [3.05, 3.63) is 46.7 Å². The van der Waals surface area contributed by atoms with Crippen molar-refractivity contribution in [3.63, 3.8) is 0 Å². The van der Waals surface area contributed by atoms with Crippen LogP contribution in [0.15, 0.2) is 41.0 Å². The maximum absolute atomic E-state index is 5.05. The monoisotopic (exact) mass is 266 g/mol. The second-order valence-electron chi connectivity index (χ2n) is 3.14. The second kappa shape index (κ2) is 4.59. The average Bonchev–Trinajstić information content (AvgIpc) is 2.63. The zero-order chi connectivity index (χ0) is 10.7. The molecule has 0 aliphatic heterocycles. The number of para-hydroxylation sites is 1. The maximum Gasteiger partial charge on any atom is 0.103 e. The van der Waals surface area contributed by atoms with E-state index in [0.717, 1.165) is 15.9 Å². The summed E-state index contributed by atoms with van der Waals surface area (Å²) in [5.41, 5.74) is 1.95. The molecular weight excluding hydrogens is 256 g/mol. The third-order valence-electron chi connectivity index (χ3n) is 2.04. The summed E-state index contributed by atoms with van der Waals surface area (Å²) in [7, 11) is 1.66. The molecule has 1 aromatic heterocycles. The summed E-state index contributed by atoms with van der Waals surface area (Å²) in [6.07, 6.45) is 1.93. The number of nitrogens with zero attached hydrogens (tertiary/aromatic N) is 2. The van der Waals surface area contributed by atoms with Gasteiger partial charge in [-0.25, -0.2) is 4.68 Å². The Morgan fingerprint density at radius 1 is 1.33 bits per heavy atom. The van der Waals surface area contributed by atoms with Crippen LogP contribution >= 0.6 is 15.9 Å². The van der Waals surface area contributed by atoms with Gasteiger partial charge in [-0.3, -0.25) is 0 Å². The number of hydrogen-bond donors (Lipinski definition) is 0. The average molecular weight is 267 g/mol. The Balaban J connectivity index is 2.34. The molecule has 0 aliphatic rings. The number of ether oxygens (including phenoxy) is 1. The predicted octanol–water partition coefficient (Wildman–Crippen LogP) is 2.78. The largest absolute Gasteiger partial charge is 0.378 e. The van der Waals surface area contributed by atoms with Crippen molar-refractivity contribution in [3.8, 4) is 5.69 Å². The van der Waals surface area contributed by atoms with Gasteiger partial charge in [-0.1, -0.05) is 18.2 Å². The molecule has 0 atom stereocenters. The van der Waals surface area contributed by atoms with E-state index in [1.54, 1.807) is 7.11 Å². The lowest BCUT2D eigenvalue weighted by Crippen LogP contribution is -1.96. The van der Waals surface area contributed by atoms with Crippen LogP contribution in [0.1, 0.15) is 5.69 Å². The minimum absolute atomic E-state index is 0.514. The standard InChI is InChI=1S/C11H11BrN2O/c1-15-8-11-10(12)7-14(13-11)9-5-3-2-4-6-9/h2-7H,8H2,1H3. The molecule has 0 amide bonds. The normalized spacial score (nSPS) is 10.5. The van der Waals surface area contributed by atoms with Crippen molar-refractivity contribution in [1.29, 1.82) is 0 Å². The molecule has 3 nitrogen and oxygen atoms in total. The van der Waals surface area contributed by atoms with Gasteiger partial charge >= 0.3 is 0 Å². The predicted molar refractivity (Wildman–Crippen MR) is 62.0 cm³/mol. The fraction of sp³-hybridized carbons (Fsp3) is 0.182. The Morgan fingerprint density at radius 3 is 2.73 bits per heavy atom. The minimum Gasteiger partial charge on any atom is -0.378 e. The van der Waals surface area contributed by atoms with Gasteiger partial charge in [0.2, 0.25) is 0 Å². The highest BCUT2D eigenvalue weighted by molar-refractivity contribution is 9.10. The van der Waals surface area contributed by atoms with Crippen molar-refractivity contribution in [2.45, 2.75) is 6.61 Å². The van der Waals surface area contributed by atoms with E-state index in [9.17, 15) is 0 Å². The van der Waals surface area contributed by atoms with Crippen LogP contribution in [0.2, 0.25) is 0 Å². The lowest BCUT2D eigenvalue weighted by atomic mass is 10.3. The van der Waals surface area contributed by atoms with Gasteiger partial charge in [0, 0.05) is 13.3 Å². The molecule has 0 bridgehead atoms. The number of benzene rings is 1. The molecule has 4 heteroatoms. The first-order valence-electron chi connectivity index (χ1n) is 4.59. The summed E-state index contributed by atoms with van der Waals surface area (Å²) in [6.45, 7) is 0.514. The first-order valence-corrected chi connectivity index (χ1v) is 5.39. The van der Waals surface area contributed by atoms with Crippen molar-refractivity contribution >= 4 is 15.9 Å².